The summed E-state index contributed by atoms with van der Waals surface area (Å²) in [5.74, 6) is 4.57. The van der Waals surface area contributed by atoms with Gasteiger partial charge < -0.3 is 5.32 Å². The van der Waals surface area contributed by atoms with Crippen molar-refractivity contribution in [2.24, 2.45) is 5.41 Å². The van der Waals surface area contributed by atoms with E-state index in [1.807, 2.05) is 11.8 Å². The Morgan fingerprint density at radius 1 is 1.42 bits per heavy atom. The number of rotatable bonds is 5. The molecule has 0 aromatic heterocycles. The van der Waals surface area contributed by atoms with Crippen LogP contribution in [0.25, 0.3) is 0 Å². The van der Waals surface area contributed by atoms with Crippen molar-refractivity contribution >= 4 is 11.8 Å². The molecule has 0 saturated carbocycles. The van der Waals surface area contributed by atoms with E-state index in [1.165, 1.54) is 24.0 Å². The second-order valence-corrected chi connectivity index (χ2v) is 6.94. The average molecular weight is 273 g/mol. The highest BCUT2D eigenvalue weighted by Crippen LogP contribution is 2.43. The van der Waals surface area contributed by atoms with E-state index in [2.05, 4.69) is 49.4 Å². The molecule has 2 rings (SSSR count). The Kier molecular flexibility index (Phi) is 4.96. The summed E-state index contributed by atoms with van der Waals surface area (Å²) in [5, 5.41) is 3.74. The molecule has 0 amide bonds. The summed E-state index contributed by atoms with van der Waals surface area (Å²) >= 11 is 1.82. The van der Waals surface area contributed by atoms with Crippen LogP contribution < -0.4 is 5.32 Å². The van der Waals surface area contributed by atoms with Gasteiger partial charge in [0.15, 0.2) is 0 Å². The molecule has 0 bridgehead atoms. The van der Waals surface area contributed by atoms with Crippen LogP contribution in [0.5, 0.6) is 0 Å². The fourth-order valence-electron chi connectivity index (χ4n) is 2.86. The second-order valence-electron chi connectivity index (χ2n) is 5.83. The monoisotopic (exact) mass is 273 g/mol. The zero-order chi connectivity index (χ0) is 13.7. The molecule has 102 valence electrons. The van der Waals surface area contributed by atoms with E-state index in [0.29, 0.717) is 11.5 Å². The van der Waals surface area contributed by atoms with Gasteiger partial charge in [0.1, 0.15) is 0 Å². The topological polar surface area (TPSA) is 12.0 Å². The maximum Gasteiger partial charge on any atom is 0.0545 e. The molecule has 1 nitrogen and oxygen atoms in total. The molecule has 2 heteroatoms. The molecule has 1 aromatic carbocycles. The third-order valence-corrected chi connectivity index (χ3v) is 4.83. The summed E-state index contributed by atoms with van der Waals surface area (Å²) in [4.78, 5) is 0. The molecule has 1 aliphatic carbocycles. The van der Waals surface area contributed by atoms with Crippen LogP contribution in [0.3, 0.4) is 0 Å². The lowest BCUT2D eigenvalue weighted by Gasteiger charge is -2.40. The molecule has 0 fully saturated rings. The van der Waals surface area contributed by atoms with E-state index in [1.54, 1.807) is 0 Å². The zero-order valence-electron chi connectivity index (χ0n) is 11.9. The van der Waals surface area contributed by atoms with Gasteiger partial charge in [0, 0.05) is 18.3 Å². The Morgan fingerprint density at radius 2 is 2.21 bits per heavy atom. The van der Waals surface area contributed by atoms with Gasteiger partial charge in [-0.15, -0.1) is 18.2 Å². The fourth-order valence-corrected chi connectivity index (χ4v) is 3.38. The number of terminal acetylenes is 1. The van der Waals surface area contributed by atoms with Gasteiger partial charge in [-0.2, -0.15) is 0 Å². The van der Waals surface area contributed by atoms with Crippen LogP contribution in [0.1, 0.15) is 37.4 Å². The maximum atomic E-state index is 5.27. The zero-order valence-corrected chi connectivity index (χ0v) is 12.7. The third-order valence-electron chi connectivity index (χ3n) is 3.97. The molecule has 0 saturated heterocycles. The molecule has 1 unspecified atom stereocenters. The molecule has 0 aliphatic heterocycles. The minimum Gasteiger partial charge on any atom is -0.309 e. The van der Waals surface area contributed by atoms with E-state index in [4.69, 9.17) is 6.42 Å². The summed E-state index contributed by atoms with van der Waals surface area (Å²) in [6.45, 7) is 5.76. The second kappa shape index (κ2) is 6.50. The van der Waals surface area contributed by atoms with E-state index in [0.717, 1.165) is 18.1 Å². The van der Waals surface area contributed by atoms with Crippen molar-refractivity contribution in [2.75, 3.05) is 18.1 Å². The molecule has 1 aromatic rings. The lowest BCUT2D eigenvalue weighted by molar-refractivity contribution is 0.212. The first kappa shape index (κ1) is 14.5. The first-order valence-corrected chi connectivity index (χ1v) is 8.13. The van der Waals surface area contributed by atoms with Crippen molar-refractivity contribution < 1.29 is 0 Å². The Morgan fingerprint density at radius 3 is 3.00 bits per heavy atom. The quantitative estimate of drug-likeness (QED) is 0.649. The summed E-state index contributed by atoms with van der Waals surface area (Å²) in [6.07, 6.45) is 7.72. The first-order chi connectivity index (χ1) is 9.15. The van der Waals surface area contributed by atoms with Crippen molar-refractivity contribution in [3.8, 4) is 12.3 Å². The number of hydrogen-bond acceptors (Lipinski definition) is 2. The highest BCUT2D eigenvalue weighted by Gasteiger charge is 2.34. The summed E-state index contributed by atoms with van der Waals surface area (Å²) in [5.41, 5.74) is 3.32. The Hall–Kier alpha value is -0.910. The average Bonchev–Trinajstić information content (AvgIpc) is 2.40. The Labute approximate surface area is 121 Å². The van der Waals surface area contributed by atoms with E-state index in [-0.39, 0.29) is 0 Å². The van der Waals surface area contributed by atoms with E-state index < -0.39 is 0 Å². The van der Waals surface area contributed by atoms with E-state index >= 15 is 0 Å². The van der Waals surface area contributed by atoms with Gasteiger partial charge in [0.25, 0.3) is 0 Å². The molecular formula is C17H23NS. The largest absolute Gasteiger partial charge is 0.309 e. The lowest BCUT2D eigenvalue weighted by atomic mass is 9.70. The molecule has 1 N–H and O–H groups in total. The van der Waals surface area contributed by atoms with Crippen molar-refractivity contribution in [1.29, 1.82) is 0 Å². The molecule has 19 heavy (non-hydrogen) atoms. The third kappa shape index (κ3) is 3.55. The molecule has 0 spiro atoms. The smallest absolute Gasteiger partial charge is 0.0545 e. The van der Waals surface area contributed by atoms with Gasteiger partial charge in [-0.3, -0.25) is 0 Å². The van der Waals surface area contributed by atoms with Crippen molar-refractivity contribution in [3.63, 3.8) is 0 Å². The number of thioether (sulfide) groups is 1. The highest BCUT2D eigenvalue weighted by atomic mass is 32.2. The van der Waals surface area contributed by atoms with Crippen LogP contribution in [-0.2, 0) is 6.42 Å². The fraction of sp³-hybridized carbons (Fsp3) is 0.529. The number of benzene rings is 1. The van der Waals surface area contributed by atoms with Crippen molar-refractivity contribution in [2.45, 2.75) is 32.7 Å². The van der Waals surface area contributed by atoms with Crippen molar-refractivity contribution in [3.05, 3.63) is 35.4 Å². The molecule has 0 radical (unpaired) electrons. The van der Waals surface area contributed by atoms with Gasteiger partial charge in [-0.05, 0) is 29.4 Å². The maximum absolute atomic E-state index is 5.27. The van der Waals surface area contributed by atoms with Crippen LogP contribution in [-0.4, -0.2) is 18.1 Å². The molecule has 1 aliphatic rings. The minimum atomic E-state index is 0.325. The normalized spacial score (nSPS) is 20.6. The first-order valence-electron chi connectivity index (χ1n) is 6.97. The van der Waals surface area contributed by atoms with Crippen LogP contribution in [0.15, 0.2) is 24.3 Å². The number of aryl methyl sites for hydroxylation is 1. The predicted octanol–water partition coefficient (Wildman–Crippen LogP) is 3.66. The summed E-state index contributed by atoms with van der Waals surface area (Å²) < 4.78 is 0. The molecule has 1 atom stereocenters. The Bertz CT molecular complexity index is 459. The predicted molar refractivity (Wildman–Crippen MR) is 85.4 cm³/mol. The molecular weight excluding hydrogens is 250 g/mol. The standard InChI is InChI=1S/C17H23NS/c1-4-12-19-13-11-18-16-15-8-6-5-7-14(15)9-10-17(16,2)3/h1,5-8,16,18H,9-13H2,2-3H3. The number of nitrogens with one attached hydrogen (secondary N) is 1. The van der Waals surface area contributed by atoms with Gasteiger partial charge >= 0.3 is 0 Å². The van der Waals surface area contributed by atoms with Gasteiger partial charge in [-0.1, -0.05) is 44.0 Å². The minimum absolute atomic E-state index is 0.325. The van der Waals surface area contributed by atoms with Gasteiger partial charge in [0.2, 0.25) is 0 Å². The molecule has 0 heterocycles. The van der Waals surface area contributed by atoms with Crippen LogP contribution in [0, 0.1) is 17.8 Å². The van der Waals surface area contributed by atoms with Crippen molar-refractivity contribution in [1.82, 2.24) is 5.32 Å². The van der Waals surface area contributed by atoms with Crippen LogP contribution in [0.2, 0.25) is 0 Å². The van der Waals surface area contributed by atoms with E-state index in [9.17, 15) is 0 Å². The number of hydrogen-bond donors (Lipinski definition) is 1. The highest BCUT2D eigenvalue weighted by molar-refractivity contribution is 7.99. The van der Waals surface area contributed by atoms with Gasteiger partial charge in [-0.25, -0.2) is 0 Å². The van der Waals surface area contributed by atoms with Crippen LogP contribution in [0.4, 0.5) is 0 Å². The van der Waals surface area contributed by atoms with Crippen LogP contribution >= 0.6 is 11.8 Å². The Balaban J connectivity index is 2.02. The summed E-state index contributed by atoms with van der Waals surface area (Å²) in [6, 6.07) is 9.32. The number of fused-ring (bicyclic) bond motifs is 1. The lowest BCUT2D eigenvalue weighted by Crippen LogP contribution is -2.39. The SMILES string of the molecule is C#CCSCCNC1c2ccccc2CCC1(C)C. The van der Waals surface area contributed by atoms with Gasteiger partial charge in [0.05, 0.1) is 5.75 Å². The summed E-state index contributed by atoms with van der Waals surface area (Å²) in [7, 11) is 0.